The minimum atomic E-state index is 0.142. The summed E-state index contributed by atoms with van der Waals surface area (Å²) >= 11 is 0. The molecule has 2 heterocycles. The first-order valence-electron chi connectivity index (χ1n) is 8.89. The van der Waals surface area contributed by atoms with Gasteiger partial charge >= 0.3 is 0 Å². The van der Waals surface area contributed by atoms with Crippen LogP contribution >= 0.6 is 0 Å². The molecule has 0 saturated carbocycles. The van der Waals surface area contributed by atoms with E-state index in [-0.39, 0.29) is 6.04 Å². The maximum atomic E-state index is 6.20. The van der Waals surface area contributed by atoms with Crippen molar-refractivity contribution in [1.82, 2.24) is 20.3 Å². The van der Waals surface area contributed by atoms with Crippen LogP contribution in [0.2, 0.25) is 0 Å². The number of nitrogens with zero attached hydrogens (tertiary/aromatic N) is 3. The SMILES string of the molecule is NC1CCCc2cc(-c3nc(Cc4ccc5cn[nH]c5c4)no3)ccc21. The molecular weight excluding hydrogens is 326 g/mol. The van der Waals surface area contributed by atoms with Crippen LogP contribution < -0.4 is 5.73 Å². The number of aromatic amines is 1. The molecule has 130 valence electrons. The van der Waals surface area contributed by atoms with E-state index >= 15 is 0 Å². The Morgan fingerprint density at radius 3 is 3.12 bits per heavy atom. The molecule has 0 aliphatic heterocycles. The zero-order valence-corrected chi connectivity index (χ0v) is 14.3. The molecule has 4 aromatic rings. The highest BCUT2D eigenvalue weighted by Crippen LogP contribution is 2.31. The summed E-state index contributed by atoms with van der Waals surface area (Å²) in [7, 11) is 0. The van der Waals surface area contributed by atoms with E-state index in [4.69, 9.17) is 10.3 Å². The summed E-state index contributed by atoms with van der Waals surface area (Å²) in [6.07, 6.45) is 5.67. The fourth-order valence-corrected chi connectivity index (χ4v) is 3.70. The molecule has 26 heavy (non-hydrogen) atoms. The van der Waals surface area contributed by atoms with E-state index < -0.39 is 0 Å². The van der Waals surface area contributed by atoms with Crippen molar-refractivity contribution in [2.24, 2.45) is 5.73 Å². The standard InChI is InChI=1S/C20H19N5O/c21-17-3-1-2-13-10-14(6-7-16(13)17)20-23-19(25-26-20)9-12-4-5-15-11-22-24-18(15)8-12/h4-8,10-11,17H,1-3,9,21H2,(H,22,24). The molecule has 0 radical (unpaired) electrons. The maximum absolute atomic E-state index is 6.20. The predicted molar refractivity (Wildman–Crippen MR) is 98.5 cm³/mol. The minimum absolute atomic E-state index is 0.142. The Kier molecular flexibility index (Phi) is 3.57. The first-order chi connectivity index (χ1) is 12.8. The Morgan fingerprint density at radius 2 is 2.15 bits per heavy atom. The first-order valence-corrected chi connectivity index (χ1v) is 8.89. The molecule has 0 fully saturated rings. The van der Waals surface area contributed by atoms with Gasteiger partial charge in [0.2, 0.25) is 0 Å². The van der Waals surface area contributed by atoms with Crippen LogP contribution in [0.1, 0.15) is 41.4 Å². The lowest BCUT2D eigenvalue weighted by atomic mass is 9.87. The van der Waals surface area contributed by atoms with Crippen LogP contribution in [0.25, 0.3) is 22.4 Å². The zero-order chi connectivity index (χ0) is 17.5. The van der Waals surface area contributed by atoms with E-state index in [0.29, 0.717) is 18.1 Å². The Labute approximate surface area is 150 Å². The van der Waals surface area contributed by atoms with Gasteiger partial charge in [-0.3, -0.25) is 5.10 Å². The van der Waals surface area contributed by atoms with Gasteiger partial charge in [0.15, 0.2) is 5.82 Å². The second-order valence-corrected chi connectivity index (χ2v) is 6.90. The van der Waals surface area contributed by atoms with E-state index in [1.54, 1.807) is 0 Å². The van der Waals surface area contributed by atoms with Crippen molar-refractivity contribution in [3.05, 3.63) is 65.1 Å². The average Bonchev–Trinajstić information content (AvgIpc) is 3.31. The highest BCUT2D eigenvalue weighted by Gasteiger charge is 2.18. The molecule has 0 spiro atoms. The lowest BCUT2D eigenvalue weighted by molar-refractivity contribution is 0.424. The van der Waals surface area contributed by atoms with Crippen molar-refractivity contribution >= 4 is 10.9 Å². The molecule has 0 amide bonds. The number of nitrogens with one attached hydrogen (secondary N) is 1. The third-order valence-electron chi connectivity index (χ3n) is 5.09. The van der Waals surface area contributed by atoms with Crippen molar-refractivity contribution in [2.75, 3.05) is 0 Å². The van der Waals surface area contributed by atoms with Gasteiger partial charge in [0, 0.05) is 23.4 Å². The van der Waals surface area contributed by atoms with E-state index in [1.165, 1.54) is 11.1 Å². The minimum Gasteiger partial charge on any atom is -0.334 e. The Bertz CT molecular complexity index is 1080. The van der Waals surface area contributed by atoms with E-state index in [2.05, 4.69) is 44.6 Å². The van der Waals surface area contributed by atoms with Gasteiger partial charge in [-0.1, -0.05) is 23.4 Å². The molecule has 5 rings (SSSR count). The first kappa shape index (κ1) is 15.3. The molecule has 1 atom stereocenters. The van der Waals surface area contributed by atoms with Gasteiger partial charge in [-0.05, 0) is 54.2 Å². The van der Waals surface area contributed by atoms with Crippen LogP contribution in [0.15, 0.2) is 47.1 Å². The molecule has 2 aromatic carbocycles. The summed E-state index contributed by atoms with van der Waals surface area (Å²) in [5.41, 5.74) is 11.8. The Hall–Kier alpha value is -2.99. The van der Waals surface area contributed by atoms with Gasteiger partial charge in [0.25, 0.3) is 5.89 Å². The molecule has 0 bridgehead atoms. The number of aromatic nitrogens is 4. The van der Waals surface area contributed by atoms with Crippen LogP contribution in [0.5, 0.6) is 0 Å². The molecule has 3 N–H and O–H groups in total. The van der Waals surface area contributed by atoms with Gasteiger partial charge in [-0.2, -0.15) is 10.1 Å². The summed E-state index contributed by atoms with van der Waals surface area (Å²) in [5, 5.41) is 12.3. The van der Waals surface area contributed by atoms with Crippen LogP contribution in [0.4, 0.5) is 0 Å². The summed E-state index contributed by atoms with van der Waals surface area (Å²) in [6.45, 7) is 0. The fraction of sp³-hybridized carbons (Fsp3) is 0.250. The molecule has 6 nitrogen and oxygen atoms in total. The summed E-state index contributed by atoms with van der Waals surface area (Å²) in [6, 6.07) is 12.6. The highest BCUT2D eigenvalue weighted by atomic mass is 16.5. The molecule has 1 unspecified atom stereocenters. The van der Waals surface area contributed by atoms with Gasteiger partial charge < -0.3 is 10.3 Å². The van der Waals surface area contributed by atoms with Crippen LogP contribution in [0.3, 0.4) is 0 Å². The van der Waals surface area contributed by atoms with Crippen molar-refractivity contribution < 1.29 is 4.52 Å². The number of hydrogen-bond donors (Lipinski definition) is 2. The van der Waals surface area contributed by atoms with Gasteiger partial charge in [-0.15, -0.1) is 0 Å². The van der Waals surface area contributed by atoms with Gasteiger partial charge in [0.05, 0.1) is 11.7 Å². The zero-order valence-electron chi connectivity index (χ0n) is 14.3. The number of aryl methyl sites for hydroxylation is 1. The number of hydrogen-bond acceptors (Lipinski definition) is 5. The summed E-state index contributed by atoms with van der Waals surface area (Å²) in [4.78, 5) is 4.58. The quantitative estimate of drug-likeness (QED) is 0.592. The van der Waals surface area contributed by atoms with E-state index in [9.17, 15) is 0 Å². The molecule has 2 aromatic heterocycles. The van der Waals surface area contributed by atoms with Crippen LogP contribution in [-0.4, -0.2) is 20.3 Å². The monoisotopic (exact) mass is 345 g/mol. The number of H-pyrrole nitrogens is 1. The molecular formula is C20H19N5O. The summed E-state index contributed by atoms with van der Waals surface area (Å²) < 4.78 is 5.50. The Balaban J connectivity index is 1.41. The second-order valence-electron chi connectivity index (χ2n) is 6.90. The average molecular weight is 345 g/mol. The van der Waals surface area contributed by atoms with Crippen molar-refractivity contribution in [1.29, 1.82) is 0 Å². The number of rotatable bonds is 3. The topological polar surface area (TPSA) is 93.6 Å². The largest absolute Gasteiger partial charge is 0.334 e. The Morgan fingerprint density at radius 1 is 1.19 bits per heavy atom. The van der Waals surface area contributed by atoms with Crippen molar-refractivity contribution in [2.45, 2.75) is 31.7 Å². The van der Waals surface area contributed by atoms with E-state index in [1.807, 2.05) is 18.3 Å². The van der Waals surface area contributed by atoms with Gasteiger partial charge in [-0.25, -0.2) is 0 Å². The number of fused-ring (bicyclic) bond motifs is 2. The van der Waals surface area contributed by atoms with E-state index in [0.717, 1.165) is 41.3 Å². The molecule has 6 heteroatoms. The lowest BCUT2D eigenvalue weighted by Crippen LogP contribution is -2.17. The maximum Gasteiger partial charge on any atom is 0.257 e. The third-order valence-corrected chi connectivity index (χ3v) is 5.09. The molecule has 0 saturated heterocycles. The number of nitrogens with two attached hydrogens (primary N) is 1. The number of benzene rings is 2. The molecule has 1 aliphatic rings. The van der Waals surface area contributed by atoms with Crippen LogP contribution in [-0.2, 0) is 12.8 Å². The normalized spacial score (nSPS) is 16.7. The van der Waals surface area contributed by atoms with Crippen LogP contribution in [0, 0.1) is 0 Å². The van der Waals surface area contributed by atoms with Crippen molar-refractivity contribution in [3.63, 3.8) is 0 Å². The van der Waals surface area contributed by atoms with Crippen molar-refractivity contribution in [3.8, 4) is 11.5 Å². The third kappa shape index (κ3) is 2.68. The lowest BCUT2D eigenvalue weighted by Gasteiger charge is -2.22. The predicted octanol–water partition coefficient (Wildman–Crippen LogP) is 3.54. The smallest absolute Gasteiger partial charge is 0.257 e. The second kappa shape index (κ2) is 6.07. The molecule has 1 aliphatic carbocycles. The van der Waals surface area contributed by atoms with Gasteiger partial charge in [0.1, 0.15) is 0 Å². The fourth-order valence-electron chi connectivity index (χ4n) is 3.70. The summed E-state index contributed by atoms with van der Waals surface area (Å²) in [5.74, 6) is 1.23. The highest BCUT2D eigenvalue weighted by molar-refractivity contribution is 5.78.